The molecule has 220 valence electrons. The average Bonchev–Trinajstić information content (AvgIpc) is 3.51. The first-order valence-corrected chi connectivity index (χ1v) is 15.5. The minimum Gasteiger partial charge on any atom is -0.490 e. The van der Waals surface area contributed by atoms with Gasteiger partial charge >= 0.3 is 0 Å². The molecule has 3 heterocycles. The third-order valence-corrected chi connectivity index (χ3v) is 9.09. The summed E-state index contributed by atoms with van der Waals surface area (Å²) in [5, 5.41) is 4.26. The van der Waals surface area contributed by atoms with E-state index in [2.05, 4.69) is 11.4 Å². The lowest BCUT2D eigenvalue weighted by atomic mass is 9.83. The Morgan fingerprint density at radius 3 is 2.44 bits per heavy atom. The maximum Gasteiger partial charge on any atom is 0.282 e. The van der Waals surface area contributed by atoms with E-state index < -0.39 is 5.82 Å². The molecule has 1 atom stereocenters. The summed E-state index contributed by atoms with van der Waals surface area (Å²) in [5.41, 5.74) is 2.47. The fourth-order valence-corrected chi connectivity index (χ4v) is 6.81. The van der Waals surface area contributed by atoms with Crippen LogP contribution in [-0.4, -0.2) is 74.7 Å². The molecule has 0 aromatic heterocycles. The fraction of sp³-hybridized carbons (Fsp3) is 0.562. The van der Waals surface area contributed by atoms with Crippen LogP contribution in [0.5, 0.6) is 11.5 Å². The van der Waals surface area contributed by atoms with Crippen molar-refractivity contribution in [2.45, 2.75) is 69.5 Å². The van der Waals surface area contributed by atoms with Gasteiger partial charge in [-0.3, -0.25) is 9.59 Å². The minimum absolute atomic E-state index is 0.0251. The molecule has 2 aromatic carbocycles. The van der Waals surface area contributed by atoms with Crippen molar-refractivity contribution in [2.24, 2.45) is 0 Å². The molecule has 0 bridgehead atoms. The molecule has 4 fully saturated rings. The molecule has 0 radical (unpaired) electrons. The third-order valence-electron chi connectivity index (χ3n) is 9.09. The van der Waals surface area contributed by atoms with Crippen LogP contribution in [0.1, 0.15) is 73.2 Å². The largest absolute Gasteiger partial charge is 0.490 e. The number of ether oxygens (including phenoxy) is 2. The van der Waals surface area contributed by atoms with Gasteiger partial charge in [-0.05, 0) is 48.6 Å². The highest BCUT2D eigenvalue weighted by Gasteiger charge is 2.29. The number of rotatable bonds is 7. The van der Waals surface area contributed by atoms with Crippen molar-refractivity contribution in [1.29, 1.82) is 0 Å². The van der Waals surface area contributed by atoms with Gasteiger partial charge in [-0.15, -0.1) is 0 Å². The van der Waals surface area contributed by atoms with Crippen molar-refractivity contribution in [3.05, 3.63) is 53.3 Å². The van der Waals surface area contributed by atoms with Gasteiger partial charge in [-0.2, -0.15) is 0 Å². The highest BCUT2D eigenvalue weighted by Crippen LogP contribution is 2.39. The zero-order valence-electron chi connectivity index (χ0n) is 23.9. The monoisotopic (exact) mass is 566 g/mol. The van der Waals surface area contributed by atoms with Gasteiger partial charge < -0.3 is 29.9 Å². The number of piperazine rings is 1. The highest BCUT2D eigenvalue weighted by atomic mass is 19.1. The Morgan fingerprint density at radius 2 is 1.68 bits per heavy atom. The minimum atomic E-state index is -0.417. The molecular weight excluding hydrogens is 523 g/mol. The lowest BCUT2D eigenvalue weighted by Gasteiger charge is -2.33. The number of hydrogen-bond acceptors (Lipinski definition) is 4. The summed E-state index contributed by atoms with van der Waals surface area (Å²) in [4.78, 5) is 29.5. The van der Waals surface area contributed by atoms with Crippen LogP contribution >= 0.6 is 0 Å². The predicted molar refractivity (Wildman–Crippen MR) is 153 cm³/mol. The van der Waals surface area contributed by atoms with E-state index in [9.17, 15) is 14.0 Å². The number of quaternary nitrogens is 2. The van der Waals surface area contributed by atoms with Crippen molar-refractivity contribution in [3.63, 3.8) is 0 Å². The van der Waals surface area contributed by atoms with E-state index in [4.69, 9.17) is 9.47 Å². The SMILES string of the molecule is O=C(c1ccc(O[C@H]2CC[NH2+]C2)c(C2CCCCC2)c1)N1CCC(Oc2cc(F)cc(N3CC[NH2+]CC3=O)c2)CC1. The summed E-state index contributed by atoms with van der Waals surface area (Å²) in [6.45, 7) is 4.99. The quantitative estimate of drug-likeness (QED) is 0.538. The molecule has 2 amide bonds. The molecule has 3 aliphatic heterocycles. The maximum atomic E-state index is 14.4. The number of benzene rings is 2. The second kappa shape index (κ2) is 12.8. The molecule has 2 aromatic rings. The normalized spacial score (nSPS) is 22.7. The molecule has 9 heteroatoms. The zero-order chi connectivity index (χ0) is 28.2. The molecule has 0 spiro atoms. The van der Waals surface area contributed by atoms with Gasteiger partial charge in [0.1, 0.15) is 30.0 Å². The standard InChI is InChI=1S/C32H41FN4O4/c33-24-17-25(37-15-12-35-21-31(37)38)19-28(18-24)40-26-9-13-36(14-10-26)32(39)23-6-7-30(41-27-8-11-34-20-27)29(16-23)22-4-2-1-3-5-22/h6-7,16-19,22,26-27,34-35H,1-5,8-15,20-21H2/p+2/t27-/m0/s1. The Bertz CT molecular complexity index is 1240. The maximum absolute atomic E-state index is 14.4. The second-order valence-electron chi connectivity index (χ2n) is 12.0. The summed E-state index contributed by atoms with van der Waals surface area (Å²) in [7, 11) is 0. The molecule has 3 saturated heterocycles. The lowest BCUT2D eigenvalue weighted by Crippen LogP contribution is -2.91. The van der Waals surface area contributed by atoms with Crippen molar-refractivity contribution in [3.8, 4) is 11.5 Å². The second-order valence-corrected chi connectivity index (χ2v) is 12.0. The van der Waals surface area contributed by atoms with Crippen molar-refractivity contribution in [2.75, 3.05) is 50.7 Å². The van der Waals surface area contributed by atoms with Gasteiger partial charge in [-0.1, -0.05) is 19.3 Å². The molecule has 4 aliphatic rings. The summed E-state index contributed by atoms with van der Waals surface area (Å²) >= 11 is 0. The van der Waals surface area contributed by atoms with E-state index in [0.29, 0.717) is 56.4 Å². The first kappa shape index (κ1) is 28.0. The van der Waals surface area contributed by atoms with Crippen LogP contribution in [0.15, 0.2) is 36.4 Å². The number of nitrogens with zero attached hydrogens (tertiary/aromatic N) is 2. The number of hydrogen-bond donors (Lipinski definition) is 2. The number of carbonyl (C=O) groups is 2. The van der Waals surface area contributed by atoms with Gasteiger partial charge in [0.05, 0.1) is 25.3 Å². The Balaban J connectivity index is 1.10. The van der Waals surface area contributed by atoms with E-state index in [1.807, 2.05) is 22.3 Å². The summed E-state index contributed by atoms with van der Waals surface area (Å²) in [5.74, 6) is 1.45. The Labute approximate surface area is 241 Å². The zero-order valence-corrected chi connectivity index (χ0v) is 23.9. The van der Waals surface area contributed by atoms with Crippen molar-refractivity contribution < 1.29 is 34.1 Å². The number of nitrogens with two attached hydrogens (primary N) is 2. The van der Waals surface area contributed by atoms with Gasteiger partial charge in [0.15, 0.2) is 12.6 Å². The van der Waals surface area contributed by atoms with Crippen LogP contribution in [0.3, 0.4) is 0 Å². The van der Waals surface area contributed by atoms with Gasteiger partial charge in [0.2, 0.25) is 0 Å². The Morgan fingerprint density at radius 1 is 0.854 bits per heavy atom. The summed E-state index contributed by atoms with van der Waals surface area (Å²) in [6.07, 6.45) is 8.58. The number of anilines is 1. The lowest BCUT2D eigenvalue weighted by molar-refractivity contribution is -0.645. The molecule has 41 heavy (non-hydrogen) atoms. The number of carbonyl (C=O) groups excluding carboxylic acids is 2. The van der Waals surface area contributed by atoms with Crippen LogP contribution in [0, 0.1) is 5.82 Å². The first-order chi connectivity index (χ1) is 20.0. The first-order valence-electron chi connectivity index (χ1n) is 15.5. The van der Waals surface area contributed by atoms with E-state index in [0.717, 1.165) is 50.2 Å². The van der Waals surface area contributed by atoms with E-state index in [1.165, 1.54) is 37.0 Å². The topological polar surface area (TPSA) is 92.3 Å². The number of likely N-dealkylation sites (tertiary alicyclic amines) is 1. The van der Waals surface area contributed by atoms with Crippen molar-refractivity contribution >= 4 is 17.5 Å². The number of halogens is 1. The van der Waals surface area contributed by atoms with E-state index in [-0.39, 0.29) is 24.0 Å². The van der Waals surface area contributed by atoms with Gasteiger partial charge in [-0.25, -0.2) is 4.39 Å². The molecule has 4 N–H and O–H groups in total. The van der Waals surface area contributed by atoms with Crippen LogP contribution in [-0.2, 0) is 4.79 Å². The van der Waals surface area contributed by atoms with Crippen LogP contribution < -0.4 is 25.0 Å². The van der Waals surface area contributed by atoms with Crippen LogP contribution in [0.4, 0.5) is 10.1 Å². The molecule has 1 saturated carbocycles. The predicted octanol–water partition coefficient (Wildman–Crippen LogP) is 2.18. The average molecular weight is 567 g/mol. The molecule has 6 rings (SSSR count). The Hall–Kier alpha value is -3.17. The van der Waals surface area contributed by atoms with Gasteiger partial charge in [0.25, 0.3) is 11.8 Å². The fourth-order valence-electron chi connectivity index (χ4n) is 6.81. The molecule has 8 nitrogen and oxygen atoms in total. The highest BCUT2D eigenvalue weighted by molar-refractivity contribution is 5.95. The van der Waals surface area contributed by atoms with Crippen molar-refractivity contribution in [1.82, 2.24) is 4.90 Å². The summed E-state index contributed by atoms with van der Waals surface area (Å²) in [6, 6.07) is 10.6. The van der Waals surface area contributed by atoms with Crippen LogP contribution in [0.25, 0.3) is 0 Å². The summed E-state index contributed by atoms with van der Waals surface area (Å²) < 4.78 is 27.1. The van der Waals surface area contributed by atoms with Crippen LogP contribution in [0.2, 0.25) is 0 Å². The molecule has 1 aliphatic carbocycles. The van der Waals surface area contributed by atoms with E-state index in [1.54, 1.807) is 11.0 Å². The number of piperidine rings is 1. The smallest absolute Gasteiger partial charge is 0.282 e. The van der Waals surface area contributed by atoms with Gasteiger partial charge in [0, 0.05) is 50.0 Å². The number of amides is 2. The molecule has 0 unspecified atom stereocenters. The Kier molecular flexibility index (Phi) is 8.72. The third kappa shape index (κ3) is 6.67. The molecular formula is C32H43FN4O4+2. The van der Waals surface area contributed by atoms with E-state index >= 15 is 0 Å².